The molecule has 4 N–H and O–H groups in total. The van der Waals surface area contributed by atoms with E-state index in [9.17, 15) is 57.5 Å². The first kappa shape index (κ1) is 92.7. The number of hydrogen-bond donors (Lipinski definition) is 4. The van der Waals surface area contributed by atoms with Gasteiger partial charge in [-0.15, -0.1) is 37.0 Å². The molecule has 25 nitrogen and oxygen atoms in total. The number of aliphatic carboxylic acids is 1. The Labute approximate surface area is 692 Å². The number of hydrogen-bond acceptors (Lipinski definition) is 19. The molecular weight excluding hydrogens is 1500 g/mol. The SMILES string of the molecule is O=S(=O)=O.O=S(=O)=O.[CH2-]CCCN1/C(=C/C=C2\CCCC(/C=C/C3=[N+](CCC[CH2-])c4ccc(C)cc4C3(C)C)=C2Oc2ccc(CCC(=O)NCCN3C(=O)CC(SCC(CC(=O)CCC(=O)NCc4cc(C(=O)N[C@H](C)C(=O)N5CC(F)(F)C[C@H]5C#N)ccn4)C(=O)O)C3=O)cc2)C(C)(C)c2cc(C)ccc21.[Na+].[Na+]. The molecule has 5 aliphatic rings. The van der Waals surface area contributed by atoms with Crippen molar-refractivity contribution in [1.29, 1.82) is 5.26 Å². The van der Waals surface area contributed by atoms with Crippen LogP contribution in [0, 0.1) is 44.9 Å². The molecule has 5 heterocycles. The molecule has 110 heavy (non-hydrogen) atoms. The molecule has 2 saturated heterocycles. The Bertz CT molecular complexity index is 4510. The molecule has 2 unspecified atom stereocenters. The minimum Gasteiger partial charge on any atom is -0.481 e. The van der Waals surface area contributed by atoms with E-state index in [1.54, 1.807) is 6.07 Å². The molecule has 9 rings (SSSR count). The van der Waals surface area contributed by atoms with Crippen LogP contribution in [0.3, 0.4) is 0 Å². The van der Waals surface area contributed by atoms with Gasteiger partial charge in [-0.25, -0.2) is 8.78 Å². The quantitative estimate of drug-likeness (QED) is 0.0242. The Kier molecular flexibility index (Phi) is 36.0. The number of amides is 6. The van der Waals surface area contributed by atoms with Crippen LogP contribution < -0.4 is 84.7 Å². The number of carbonyl (C=O) groups excluding carboxylic acids is 7. The number of nitrogens with one attached hydrogen (secondary N) is 3. The Morgan fingerprint density at radius 1 is 0.818 bits per heavy atom. The second kappa shape index (κ2) is 42.7. The van der Waals surface area contributed by atoms with Crippen molar-refractivity contribution in [1.82, 2.24) is 30.7 Å². The van der Waals surface area contributed by atoms with E-state index in [1.165, 1.54) is 70.3 Å². The number of carboxylic acid groups (broad SMARTS) is 1. The number of thioether (sulfide) groups is 1. The number of fused-ring (bicyclic) bond motifs is 2. The third-order valence-corrected chi connectivity index (χ3v) is 20.6. The van der Waals surface area contributed by atoms with Crippen LogP contribution in [0.15, 0.2) is 126 Å². The van der Waals surface area contributed by atoms with Gasteiger partial charge in [0.05, 0.1) is 41.4 Å². The van der Waals surface area contributed by atoms with Crippen molar-refractivity contribution in [2.75, 3.05) is 43.4 Å². The number of alkyl halides is 2. The third kappa shape index (κ3) is 25.6. The predicted molar refractivity (Wildman–Crippen MR) is 400 cm³/mol. The van der Waals surface area contributed by atoms with Crippen molar-refractivity contribution < 1.29 is 146 Å². The summed E-state index contributed by atoms with van der Waals surface area (Å²) < 4.78 is 88.0. The fourth-order valence-corrected chi connectivity index (χ4v) is 14.9. The maximum Gasteiger partial charge on any atom is 1.00 e. The minimum absolute atomic E-state index is 0. The summed E-state index contributed by atoms with van der Waals surface area (Å²) >= 11 is 0.961. The number of ketones is 1. The van der Waals surface area contributed by atoms with Crippen LogP contribution in [-0.2, 0) is 78.6 Å². The Hall–Kier alpha value is -7.86. The van der Waals surface area contributed by atoms with Gasteiger partial charge in [-0.2, -0.15) is 22.7 Å². The van der Waals surface area contributed by atoms with Gasteiger partial charge >= 0.3 is 86.3 Å². The van der Waals surface area contributed by atoms with E-state index < -0.39 is 111 Å². The van der Waals surface area contributed by atoms with E-state index in [-0.39, 0.29) is 138 Å². The van der Waals surface area contributed by atoms with Crippen LogP contribution in [0.25, 0.3) is 0 Å². The van der Waals surface area contributed by atoms with Crippen molar-refractivity contribution in [2.45, 2.75) is 179 Å². The number of pyridine rings is 1. The molecule has 0 bridgehead atoms. The molecule has 32 heteroatoms. The number of imide groups is 1. The van der Waals surface area contributed by atoms with Gasteiger partial charge in [0.1, 0.15) is 35.9 Å². The summed E-state index contributed by atoms with van der Waals surface area (Å²) in [6, 6.07) is 23.1. The summed E-state index contributed by atoms with van der Waals surface area (Å²) in [7, 11) is -6.22. The monoisotopic (exact) mass is 1590 g/mol. The number of carboxylic acids is 1. The number of Topliss-reactive ketones (excluding diaryl/α,β-unsaturated/α-hetero) is 1. The second-order valence-corrected chi connectivity index (χ2v) is 30.1. The average molecular weight is 1590 g/mol. The van der Waals surface area contributed by atoms with Gasteiger partial charge < -0.3 is 49.4 Å². The van der Waals surface area contributed by atoms with E-state index >= 15 is 0 Å². The molecule has 1 aromatic heterocycles. The smallest absolute Gasteiger partial charge is 0.481 e. The molecule has 3 aromatic carbocycles. The summed E-state index contributed by atoms with van der Waals surface area (Å²) in [6.07, 6.45) is 15.2. The van der Waals surface area contributed by atoms with Gasteiger partial charge in [-0.1, -0.05) is 67.8 Å². The maximum absolute atomic E-state index is 13.9. The molecule has 4 aliphatic heterocycles. The average Bonchev–Trinajstić information content (AvgIpc) is 1.58. The van der Waals surface area contributed by atoms with E-state index in [4.69, 9.17) is 30.0 Å². The Morgan fingerprint density at radius 2 is 1.47 bits per heavy atom. The fourth-order valence-electron chi connectivity index (χ4n) is 13.7. The number of ether oxygens (including phenoxy) is 1. The summed E-state index contributed by atoms with van der Waals surface area (Å²) in [4.78, 5) is 112. The summed E-state index contributed by atoms with van der Waals surface area (Å²) in [5.74, 6) is -8.31. The van der Waals surface area contributed by atoms with E-state index in [0.29, 0.717) is 12.2 Å². The summed E-state index contributed by atoms with van der Waals surface area (Å²) in [6.45, 7) is 23.7. The first-order valence-corrected chi connectivity index (χ1v) is 38.6. The number of halogens is 2. The van der Waals surface area contributed by atoms with Gasteiger partial charge in [0.15, 0.2) is 5.71 Å². The van der Waals surface area contributed by atoms with E-state index in [0.717, 1.165) is 102 Å². The number of carbonyl (C=O) groups is 8. The summed E-state index contributed by atoms with van der Waals surface area (Å²) in [5.41, 5.74) is 13.0. The predicted octanol–water partition coefficient (Wildman–Crippen LogP) is 3.53. The largest absolute Gasteiger partial charge is 1.00 e. The number of likely N-dealkylation sites (tertiary alicyclic amines) is 2. The van der Waals surface area contributed by atoms with Gasteiger partial charge in [0.25, 0.3) is 11.8 Å². The number of allylic oxidation sites excluding steroid dienone is 7. The Balaban J connectivity index is 0.00000206. The molecule has 6 amide bonds. The van der Waals surface area contributed by atoms with Crippen molar-refractivity contribution in [3.63, 3.8) is 0 Å². The first-order chi connectivity index (χ1) is 51.1. The number of anilines is 1. The standard InChI is InChI=1S/C78H92F2N9O10S.2Na.2O3S/c1-10-12-36-86-63-27-17-49(3)39-61(63)76(6,7)66(86)29-22-53-15-14-16-54(23-30-67-77(8,9)62-40-50(4)18-28-64(62)87(67)37-13-11-2)71(53)99-60-25-19-52(20-26-60)21-31-68(91)83-35-38-88-70(93)43-65(74(88)96)100-47-56(75(97)98)42-59(90)24-32-69(92)84-46-57-41-55(33-34-82-57)72(94)85-51(5)73(95)89-48-78(79,80)44-58(89)45-81;;;2*1-4(2)3/h17-20,22-23,25-30,33-34,39-41,51,56,58,65H,1-2,10-16,21,24,31-32,35-38,42-44,46-48H2,3-9H3,(H,83,91)(H,84,92)(H,85,94)(H,97,98);;;;/q-1;2*+1;;/t51-,56?,58+,65?;;;;/m1..../s1. The zero-order chi connectivity index (χ0) is 79.4. The van der Waals surface area contributed by atoms with Gasteiger partial charge in [-0.05, 0) is 138 Å². The zero-order valence-electron chi connectivity index (χ0n) is 63.6. The van der Waals surface area contributed by atoms with Crippen molar-refractivity contribution in [2.24, 2.45) is 5.92 Å². The fraction of sp³-hybridized carbons (Fsp3) is 0.449. The minimum atomic E-state index is -3.23. The number of unbranched alkanes of at least 4 members (excludes halogenated alkanes) is 2. The number of aromatic nitrogens is 1. The van der Waals surface area contributed by atoms with E-state index in [1.807, 2.05) is 24.3 Å². The number of benzene rings is 3. The van der Waals surface area contributed by atoms with Crippen LogP contribution in [0.5, 0.6) is 5.75 Å². The molecule has 0 spiro atoms. The molecule has 4 aromatic rings. The van der Waals surface area contributed by atoms with Crippen LogP contribution in [-0.4, -0.2) is 164 Å². The molecule has 0 saturated carbocycles. The third-order valence-electron chi connectivity index (χ3n) is 19.3. The van der Waals surface area contributed by atoms with Gasteiger partial charge in [0.2, 0.25) is 35.2 Å². The first-order valence-electron chi connectivity index (χ1n) is 35.5. The molecule has 1 aliphatic carbocycles. The number of nitrogens with zero attached hydrogens (tertiary/aromatic N) is 6. The van der Waals surface area contributed by atoms with Crippen LogP contribution >= 0.6 is 11.8 Å². The second-order valence-electron chi connectivity index (χ2n) is 28.0. The van der Waals surface area contributed by atoms with Crippen molar-refractivity contribution >= 4 is 97.3 Å². The van der Waals surface area contributed by atoms with Crippen LogP contribution in [0.4, 0.5) is 20.2 Å². The Morgan fingerprint density at radius 3 is 2.13 bits per heavy atom. The van der Waals surface area contributed by atoms with Crippen molar-refractivity contribution in [3.8, 4) is 11.8 Å². The van der Waals surface area contributed by atoms with E-state index in [2.05, 4.69) is 147 Å². The van der Waals surface area contributed by atoms with Crippen LogP contribution in [0.2, 0.25) is 0 Å². The molecule has 578 valence electrons. The molecular formula is C78H92F2N9Na2O16S3+. The normalized spacial score (nSPS) is 18.3. The number of rotatable bonds is 31. The topological polar surface area (TPSA) is 354 Å². The molecule has 4 atom stereocenters. The summed E-state index contributed by atoms with van der Waals surface area (Å²) in [5, 5.41) is 26.2. The van der Waals surface area contributed by atoms with Gasteiger partial charge in [0, 0.05) is 110 Å². The molecule has 0 radical (unpaired) electrons. The maximum atomic E-state index is 13.9. The molecule has 2 fully saturated rings. The number of nitriles is 1. The van der Waals surface area contributed by atoms with Crippen LogP contribution in [0.1, 0.15) is 162 Å². The zero-order valence-corrected chi connectivity index (χ0v) is 70.1. The van der Waals surface area contributed by atoms with Crippen molar-refractivity contribution in [3.05, 3.63) is 179 Å². The number of aryl methyl sites for hydroxylation is 3. The van der Waals surface area contributed by atoms with Gasteiger partial charge in [-0.3, -0.25) is 48.2 Å².